The van der Waals surface area contributed by atoms with Gasteiger partial charge in [-0.2, -0.15) is 0 Å². The standard InChI is InChI=1S/C26H40O4.C25H38O4.C24H36O4/c1-5-25(3,4)24(28)29-22-14-17-12-20(22)21(13-17)23(27)30-26(6-2)18-8-15-7-16(10-18)11-19(26)9-15;1-5-24(2,3)23(27)28-21-13-16-11-19(21)20(12-16)22(26)29-25(4)17-7-14-6-15(9-17)10-18(25)8-14;1-4-13(2)22(25)27-21-12-16-10-19(21)20(11-16)23(26)28-24(3)17-6-14-5-15(8-17)9-18(24)7-14/h15-22H,5-14H2,1-4H3;14-21H,5-13H2,1-4H3;13-21H,4-12H2,1-3H3. The number of ether oxygens (including phenoxy) is 6. The molecule has 13 atom stereocenters. The van der Waals surface area contributed by atoms with Crippen molar-refractivity contribution in [1.82, 2.24) is 0 Å². The summed E-state index contributed by atoms with van der Waals surface area (Å²) in [5.74, 6) is 10.1. The molecule has 18 rings (SSSR count). The van der Waals surface area contributed by atoms with Crippen LogP contribution in [0, 0.1) is 141 Å². The van der Waals surface area contributed by atoms with Crippen LogP contribution in [0.2, 0.25) is 0 Å². The van der Waals surface area contributed by atoms with Gasteiger partial charge in [0, 0.05) is 17.8 Å². The van der Waals surface area contributed by atoms with Crippen LogP contribution < -0.4 is 0 Å². The van der Waals surface area contributed by atoms with Crippen molar-refractivity contribution >= 4 is 35.8 Å². The maximum absolute atomic E-state index is 13.5. The summed E-state index contributed by atoms with van der Waals surface area (Å²) in [4.78, 5) is 77.7. The first-order valence-electron chi connectivity index (χ1n) is 36.6. The highest BCUT2D eigenvalue weighted by Crippen LogP contribution is 2.64. The third kappa shape index (κ3) is 11.3. The summed E-state index contributed by atoms with van der Waals surface area (Å²) in [6.07, 6.45) is 30.9. The van der Waals surface area contributed by atoms with Crippen LogP contribution in [-0.4, -0.2) is 70.9 Å². The lowest BCUT2D eigenvalue weighted by atomic mass is 9.49. The lowest BCUT2D eigenvalue weighted by Crippen LogP contribution is -2.60. The predicted molar refractivity (Wildman–Crippen MR) is 329 cm³/mol. The van der Waals surface area contributed by atoms with Gasteiger partial charge in [-0.1, -0.05) is 34.6 Å². The molecule has 0 aromatic carbocycles. The van der Waals surface area contributed by atoms with Gasteiger partial charge in [-0.05, 0) is 310 Å². The van der Waals surface area contributed by atoms with Gasteiger partial charge in [0.05, 0.1) is 34.5 Å². The van der Waals surface area contributed by atoms with E-state index >= 15 is 0 Å². The Morgan fingerprint density at radius 3 is 0.954 bits per heavy atom. The van der Waals surface area contributed by atoms with Crippen LogP contribution in [-0.2, 0) is 57.2 Å². The van der Waals surface area contributed by atoms with E-state index < -0.39 is 10.8 Å². The first-order chi connectivity index (χ1) is 41.3. The van der Waals surface area contributed by atoms with Crippen LogP contribution in [0.15, 0.2) is 0 Å². The van der Waals surface area contributed by atoms with Gasteiger partial charge in [0.25, 0.3) is 0 Å². The van der Waals surface area contributed by atoms with Crippen molar-refractivity contribution in [2.75, 3.05) is 0 Å². The van der Waals surface area contributed by atoms with Crippen LogP contribution in [0.3, 0.4) is 0 Å². The van der Waals surface area contributed by atoms with E-state index in [0.717, 1.165) is 119 Å². The normalized spacial score (nSPS) is 47.6. The van der Waals surface area contributed by atoms with Crippen LogP contribution >= 0.6 is 0 Å². The highest BCUT2D eigenvalue weighted by atomic mass is 16.6. The number of carbonyl (C=O) groups is 6. The summed E-state index contributed by atoms with van der Waals surface area (Å²) in [7, 11) is 0. The van der Waals surface area contributed by atoms with E-state index in [1.807, 2.05) is 55.4 Å². The van der Waals surface area contributed by atoms with Crippen molar-refractivity contribution in [3.05, 3.63) is 0 Å². The number of fused-ring (bicyclic) bond motifs is 6. The lowest BCUT2D eigenvalue weighted by molar-refractivity contribution is -0.217. The molecule has 18 aliphatic carbocycles. The molecule has 18 fully saturated rings. The number of esters is 6. The Morgan fingerprint density at radius 2 is 0.667 bits per heavy atom. The first kappa shape index (κ1) is 62.6. The van der Waals surface area contributed by atoms with Crippen molar-refractivity contribution in [1.29, 1.82) is 0 Å². The van der Waals surface area contributed by atoms with Gasteiger partial charge in [-0.15, -0.1) is 0 Å². The fourth-order valence-electron chi connectivity index (χ4n) is 23.6. The van der Waals surface area contributed by atoms with Gasteiger partial charge in [0.2, 0.25) is 0 Å². The molecule has 0 amide bonds. The van der Waals surface area contributed by atoms with E-state index in [1.165, 1.54) is 96.3 Å². The average molecular weight is 1210 g/mol. The van der Waals surface area contributed by atoms with Crippen LogP contribution in [0.4, 0.5) is 0 Å². The molecule has 0 saturated heterocycles. The molecule has 0 aromatic heterocycles. The summed E-state index contributed by atoms with van der Waals surface area (Å²) in [5.41, 5.74) is -1.64. The van der Waals surface area contributed by atoms with Crippen LogP contribution in [0.1, 0.15) is 256 Å². The largest absolute Gasteiger partial charge is 0.462 e. The summed E-state index contributed by atoms with van der Waals surface area (Å²) in [6, 6.07) is 0. The fourth-order valence-corrected chi connectivity index (χ4v) is 23.6. The second-order valence-corrected chi connectivity index (χ2v) is 35.0. The molecule has 12 nitrogen and oxygen atoms in total. The third-order valence-corrected chi connectivity index (χ3v) is 29.4. The Hall–Kier alpha value is -3.18. The maximum atomic E-state index is 13.5. The first-order valence-corrected chi connectivity index (χ1v) is 36.6. The Kier molecular flexibility index (Phi) is 16.9. The summed E-state index contributed by atoms with van der Waals surface area (Å²) in [5, 5.41) is 0. The number of hydrogen-bond donors (Lipinski definition) is 0. The zero-order chi connectivity index (χ0) is 61.4. The topological polar surface area (TPSA) is 158 Å². The van der Waals surface area contributed by atoms with Crippen molar-refractivity contribution in [2.45, 2.75) is 291 Å². The zero-order valence-corrected chi connectivity index (χ0v) is 55.6. The van der Waals surface area contributed by atoms with E-state index in [1.54, 1.807) is 0 Å². The minimum atomic E-state index is -0.454. The molecule has 18 aliphatic rings. The molecule has 0 spiro atoms. The Balaban J connectivity index is 0.000000121. The van der Waals surface area contributed by atoms with Crippen molar-refractivity contribution in [3.63, 3.8) is 0 Å². The summed E-state index contributed by atoms with van der Waals surface area (Å²) in [6.45, 7) is 22.5. The van der Waals surface area contributed by atoms with E-state index in [-0.39, 0.29) is 112 Å². The Labute approximate surface area is 522 Å². The summed E-state index contributed by atoms with van der Waals surface area (Å²) < 4.78 is 37.1. The molecule has 486 valence electrons. The molecule has 0 N–H and O–H groups in total. The van der Waals surface area contributed by atoms with Gasteiger partial charge < -0.3 is 28.4 Å². The minimum absolute atomic E-state index is 0.00275. The maximum Gasteiger partial charge on any atom is 0.311 e. The molecule has 0 aromatic rings. The number of carbonyl (C=O) groups excluding carboxylic acids is 6. The van der Waals surface area contributed by atoms with E-state index in [9.17, 15) is 28.8 Å². The minimum Gasteiger partial charge on any atom is -0.462 e. The number of rotatable bonds is 16. The predicted octanol–water partition coefficient (Wildman–Crippen LogP) is 15.4. The zero-order valence-electron chi connectivity index (χ0n) is 55.6. The molecular formula is C75H114O12. The molecule has 13 unspecified atom stereocenters. The Bertz CT molecular complexity index is 2530. The van der Waals surface area contributed by atoms with E-state index in [2.05, 4.69) is 20.8 Å². The van der Waals surface area contributed by atoms with Gasteiger partial charge in [0.15, 0.2) is 0 Å². The average Bonchev–Trinajstić information content (AvgIpc) is 1.92. The molecule has 0 radical (unpaired) electrons. The van der Waals surface area contributed by atoms with Crippen molar-refractivity contribution in [3.8, 4) is 0 Å². The molecule has 18 bridgehead atoms. The second-order valence-electron chi connectivity index (χ2n) is 35.0. The summed E-state index contributed by atoms with van der Waals surface area (Å²) >= 11 is 0. The second kappa shape index (κ2) is 23.4. The van der Waals surface area contributed by atoms with Gasteiger partial charge in [-0.3, -0.25) is 28.8 Å². The number of hydrogen-bond acceptors (Lipinski definition) is 12. The van der Waals surface area contributed by atoms with E-state index in [0.29, 0.717) is 53.3 Å². The smallest absolute Gasteiger partial charge is 0.311 e. The Morgan fingerprint density at radius 1 is 0.379 bits per heavy atom. The highest BCUT2D eigenvalue weighted by molar-refractivity contribution is 5.78. The van der Waals surface area contributed by atoms with E-state index in [4.69, 9.17) is 28.4 Å². The monoisotopic (exact) mass is 1210 g/mol. The van der Waals surface area contributed by atoms with Gasteiger partial charge >= 0.3 is 35.8 Å². The van der Waals surface area contributed by atoms with Crippen LogP contribution in [0.25, 0.3) is 0 Å². The lowest BCUT2D eigenvalue weighted by Gasteiger charge is -2.60. The van der Waals surface area contributed by atoms with Crippen molar-refractivity contribution < 1.29 is 57.2 Å². The van der Waals surface area contributed by atoms with Gasteiger partial charge in [0.1, 0.15) is 35.1 Å². The molecule has 12 heteroatoms. The van der Waals surface area contributed by atoms with Gasteiger partial charge in [-0.25, -0.2) is 0 Å². The highest BCUT2D eigenvalue weighted by Gasteiger charge is 2.64. The molecular weight excluding hydrogens is 1090 g/mol. The third-order valence-electron chi connectivity index (χ3n) is 29.4. The molecule has 0 heterocycles. The van der Waals surface area contributed by atoms with Crippen LogP contribution in [0.5, 0.6) is 0 Å². The quantitative estimate of drug-likeness (QED) is 0.107. The van der Waals surface area contributed by atoms with Crippen molar-refractivity contribution in [2.24, 2.45) is 141 Å². The molecule has 0 aliphatic heterocycles. The SMILES string of the molecule is CCC(C)(C)C(=O)OC1CC2CC(C(=O)OC3(C)C4CC5CC(C4)CC3C5)C1C2.CCC(C)(C)C(=O)OC1CC2CC(C(=O)OC3(CC)C4CC5CC(C4)CC3C5)C1C2.CCC(C)C(=O)OC1CC2CC(C(=O)OC3(C)C4CC5CC(C4)CC3C5)C1C2. The molecule has 87 heavy (non-hydrogen) atoms. The molecule has 18 saturated carbocycles. The fraction of sp³-hybridized carbons (Fsp3) is 0.920.